The van der Waals surface area contributed by atoms with Crippen molar-refractivity contribution >= 4 is 133 Å². The molecule has 0 aliphatic heterocycles. The molecule has 0 aromatic heterocycles. The monoisotopic (exact) mass is 1610 g/mol. The Balaban J connectivity index is 0.000000401. The van der Waals surface area contributed by atoms with Gasteiger partial charge in [-0.2, -0.15) is 10.5 Å². The van der Waals surface area contributed by atoms with Gasteiger partial charge in [-0.3, -0.25) is 0 Å². The van der Waals surface area contributed by atoms with Gasteiger partial charge in [0.1, 0.15) is 63.7 Å². The van der Waals surface area contributed by atoms with E-state index >= 15 is 0 Å². The van der Waals surface area contributed by atoms with Gasteiger partial charge in [-0.25, -0.2) is 0 Å². The van der Waals surface area contributed by atoms with E-state index in [1.165, 1.54) is 77.5 Å². The molecule has 0 fully saturated rings. The Hall–Kier alpha value is -7.03. The predicted molar refractivity (Wildman–Crippen MR) is 406 cm³/mol. The fraction of sp³-hybridized carbons (Fsp3) is 0.0390. The van der Waals surface area contributed by atoms with Crippen molar-refractivity contribution in [1.29, 1.82) is 10.5 Å². The average Bonchev–Trinajstić information content (AvgIpc) is 0.977. The van der Waals surface area contributed by atoms with Crippen LogP contribution in [-0.2, 0) is 44.8 Å². The molecule has 12 aromatic carbocycles. The number of halogens is 10. The van der Waals surface area contributed by atoms with Crippen LogP contribution in [0.4, 0.5) is 34.5 Å². The van der Waals surface area contributed by atoms with Gasteiger partial charge < -0.3 is 34.5 Å². The minimum absolute atomic E-state index is 0. The van der Waals surface area contributed by atoms with E-state index in [9.17, 15) is 34.5 Å². The molecule has 0 heterocycles. The maximum Gasteiger partial charge on any atom is 1.00 e. The summed E-state index contributed by atoms with van der Waals surface area (Å²) in [7, 11) is -15.5. The molecule has 0 bridgehead atoms. The first-order chi connectivity index (χ1) is 46.0. The van der Waals surface area contributed by atoms with Crippen LogP contribution in [0.5, 0.6) is 0 Å². The quantitative estimate of drug-likeness (QED) is 0.0530. The van der Waals surface area contributed by atoms with Gasteiger partial charge in [-0.15, -0.1) is 23.2 Å². The Morgan fingerprint density at radius 3 is 0.330 bits per heavy atom. The summed E-state index contributed by atoms with van der Waals surface area (Å²) in [5, 5.41) is 32.1. The maximum atomic E-state index is 9.75. The topological polar surface area (TPSA) is 47.6 Å². The molecule has 0 spiro atoms. The Morgan fingerprint density at radius 1 is 0.227 bits per heavy atom. The number of hydrogen-bond acceptors (Lipinski definition) is 2. The predicted octanol–water partition coefficient (Wildman–Crippen LogP) is 17.8. The van der Waals surface area contributed by atoms with E-state index in [-0.39, 0.29) is 50.1 Å². The Labute approximate surface area is 613 Å². The molecule has 12 aromatic rings. The van der Waals surface area contributed by atoms with Crippen LogP contribution in [0.2, 0.25) is 0 Å². The Kier molecular flexibility index (Phi) is 45.4. The number of nitriles is 2. The Bertz CT molecular complexity index is 3060. The number of benzene rings is 12. The molecule has 97 heavy (non-hydrogen) atoms. The van der Waals surface area contributed by atoms with E-state index in [0.717, 1.165) is 0 Å². The number of rotatable bonds is 12. The number of alkyl halides is 2. The first kappa shape index (κ1) is 86.1. The molecule has 0 aliphatic rings. The van der Waals surface area contributed by atoms with Crippen molar-refractivity contribution in [3.05, 3.63) is 364 Å². The zero-order valence-electron chi connectivity index (χ0n) is 52.8. The zero-order chi connectivity index (χ0) is 68.8. The number of nitrogens with zero attached hydrogens (tertiary/aromatic N) is 2. The van der Waals surface area contributed by atoms with Gasteiger partial charge in [-0.1, -0.05) is 218 Å². The van der Waals surface area contributed by atoms with Gasteiger partial charge in [0.15, 0.2) is 0 Å². The van der Waals surface area contributed by atoms with Crippen LogP contribution < -0.4 is 63.7 Å². The largest absolute Gasteiger partial charge is 1.00 e. The van der Waals surface area contributed by atoms with Crippen LogP contribution in [0.15, 0.2) is 364 Å². The molecule has 0 N–H and O–H groups in total. The smallest absolute Gasteiger partial charge is 0.418 e. The van der Waals surface area contributed by atoms with Gasteiger partial charge in [0, 0.05) is 13.8 Å². The summed E-state index contributed by atoms with van der Waals surface area (Å²) in [6, 6.07) is 133. The van der Waals surface area contributed by atoms with Crippen molar-refractivity contribution in [1.82, 2.24) is 0 Å². The standard InChI is InChI=1S/4C18H15P.2C2H3N.CH2Cl2.2Ag.2BF4/c4*1-4-10-16(11-5-1)19(17-12-6-2-7-13-17)18-14-8-3-9-15-18;2*1-2-3;2-1-3;;;2*2-1(3,4)5/h4*1-15H;2*1H3;1H2;;;;/q;;;;;;;2*+1;2*-1/p+4. The minimum atomic E-state index is -6.00. The van der Waals surface area contributed by atoms with E-state index in [0.29, 0.717) is 0 Å². The molecular formula is C77H72Ag2B2Cl2F8N2P4+4. The average molecular weight is 1610 g/mol. The number of hydrogen-bond donors (Lipinski definition) is 0. The molecule has 0 aliphatic carbocycles. The third-order valence-electron chi connectivity index (χ3n) is 12.7. The summed E-state index contributed by atoms with van der Waals surface area (Å²) in [4.78, 5) is 0. The third-order valence-corrected chi connectivity index (χ3v) is 23.7. The van der Waals surface area contributed by atoms with Crippen LogP contribution in [0, 0.1) is 22.7 Å². The molecule has 0 atom stereocenters. The molecule has 2 nitrogen and oxygen atoms in total. The third kappa shape index (κ3) is 35.9. The Morgan fingerprint density at radius 2 is 0.278 bits per heavy atom. The van der Waals surface area contributed by atoms with Gasteiger partial charge >= 0.3 is 59.3 Å². The first-order valence-corrected chi connectivity index (χ1v) is 36.7. The van der Waals surface area contributed by atoms with E-state index in [1.54, 1.807) is 12.1 Å². The zero-order valence-corrected chi connectivity index (χ0v) is 61.3. The van der Waals surface area contributed by atoms with Crippen LogP contribution in [-0.4, -0.2) is 19.8 Å². The van der Waals surface area contributed by atoms with Gasteiger partial charge in [-0.05, 0) is 146 Å². The second-order valence-electron chi connectivity index (χ2n) is 19.4. The van der Waals surface area contributed by atoms with Crippen LogP contribution in [0.1, 0.15) is 13.8 Å². The summed E-state index contributed by atoms with van der Waals surface area (Å²) in [5.41, 5.74) is 0. The normalized spacial score (nSPS) is 9.88. The van der Waals surface area contributed by atoms with Crippen molar-refractivity contribution in [2.75, 3.05) is 5.34 Å². The fourth-order valence-corrected chi connectivity index (χ4v) is 19.6. The summed E-state index contributed by atoms with van der Waals surface area (Å²) in [5.74, 6) is 0. The summed E-state index contributed by atoms with van der Waals surface area (Å²) in [6.45, 7) is 2.86. The molecule has 12 rings (SSSR count). The summed E-state index contributed by atoms with van der Waals surface area (Å²) >= 11 is 9.53. The van der Waals surface area contributed by atoms with E-state index < -0.39 is 46.2 Å². The van der Waals surface area contributed by atoms with Crippen molar-refractivity contribution in [2.24, 2.45) is 0 Å². The first-order valence-electron chi connectivity index (χ1n) is 29.7. The maximum absolute atomic E-state index is 9.75. The van der Waals surface area contributed by atoms with Crippen molar-refractivity contribution in [2.45, 2.75) is 13.8 Å². The van der Waals surface area contributed by atoms with Crippen molar-refractivity contribution < 1.29 is 79.3 Å². The van der Waals surface area contributed by atoms with Crippen molar-refractivity contribution in [3.8, 4) is 12.1 Å². The summed E-state index contributed by atoms with van der Waals surface area (Å²) in [6.07, 6.45) is 0. The second kappa shape index (κ2) is 51.2. The fourth-order valence-electron chi connectivity index (χ4n) is 9.26. The second-order valence-corrected chi connectivity index (χ2v) is 30.2. The van der Waals surface area contributed by atoms with Gasteiger partial charge in [0.25, 0.3) is 0 Å². The van der Waals surface area contributed by atoms with Crippen LogP contribution in [0.25, 0.3) is 0 Å². The molecule has 0 saturated heterocycles. The molecule has 0 saturated carbocycles. The minimum Gasteiger partial charge on any atom is -0.418 e. The summed E-state index contributed by atoms with van der Waals surface area (Å²) < 4.78 is 78.0. The van der Waals surface area contributed by atoms with E-state index in [2.05, 4.69) is 364 Å². The van der Waals surface area contributed by atoms with Gasteiger partial charge in [0.05, 0.1) is 49.2 Å². The van der Waals surface area contributed by atoms with Crippen LogP contribution >= 0.6 is 54.9 Å². The molecule has 20 heteroatoms. The molecule has 0 amide bonds. The molecular weight excluding hydrogens is 1540 g/mol. The SMILES string of the molecule is CC#N.CC#N.ClCCl.F[B-](F)(F)F.F[B-](F)(F)F.[Ag+].[Ag+].c1ccc([PH+](c2ccccc2)c2ccccc2)cc1.c1ccc([PH+](c2ccccc2)c2ccccc2)cc1.c1ccc([PH+](c2ccccc2)c2ccccc2)cc1.c1ccc([PH+](c2ccccc2)c2ccccc2)cc1. The molecule has 504 valence electrons. The van der Waals surface area contributed by atoms with E-state index in [4.69, 9.17) is 33.7 Å². The van der Waals surface area contributed by atoms with Crippen LogP contribution in [0.3, 0.4) is 0 Å². The van der Waals surface area contributed by atoms with Crippen molar-refractivity contribution in [3.63, 3.8) is 0 Å². The van der Waals surface area contributed by atoms with E-state index in [1.807, 2.05) is 0 Å². The van der Waals surface area contributed by atoms with Gasteiger partial charge in [0.2, 0.25) is 0 Å². The molecule has 0 unspecified atom stereocenters. The molecule has 0 radical (unpaired) electrons.